The number of likely N-dealkylation sites (tertiary alicyclic amines) is 1. The monoisotopic (exact) mass is 449 g/mol. The van der Waals surface area contributed by atoms with E-state index in [0.717, 1.165) is 0 Å². The van der Waals surface area contributed by atoms with Crippen molar-refractivity contribution in [2.45, 2.75) is 63.1 Å². The van der Waals surface area contributed by atoms with E-state index in [1.54, 1.807) is 31.2 Å². The Morgan fingerprint density at radius 2 is 1.97 bits per heavy atom. The molecule has 2 fully saturated rings. The minimum Gasteiger partial charge on any atom is -0.480 e. The van der Waals surface area contributed by atoms with Crippen molar-refractivity contribution in [3.05, 3.63) is 34.9 Å². The third-order valence-electron chi connectivity index (χ3n) is 6.38. The number of hydrogen-bond donors (Lipinski definition) is 2. The number of amides is 3. The summed E-state index contributed by atoms with van der Waals surface area (Å²) in [6.45, 7) is 1.85. The Morgan fingerprint density at radius 1 is 1.26 bits per heavy atom. The molecule has 0 aromatic heterocycles. The van der Waals surface area contributed by atoms with Crippen LogP contribution in [0.3, 0.4) is 0 Å². The highest BCUT2D eigenvalue weighted by molar-refractivity contribution is 6.31. The number of nitrogens with one attached hydrogen (secondary N) is 1. The molecule has 1 saturated carbocycles. The lowest BCUT2D eigenvalue weighted by Crippen LogP contribution is -2.64. The summed E-state index contributed by atoms with van der Waals surface area (Å²) in [5.74, 6) is -1.73. The van der Waals surface area contributed by atoms with Gasteiger partial charge in [-0.05, 0) is 45.1 Å². The van der Waals surface area contributed by atoms with Crippen molar-refractivity contribution in [1.29, 1.82) is 0 Å². The number of ketones is 1. The lowest BCUT2D eigenvalue weighted by molar-refractivity contribution is -0.152. The fraction of sp³-hybridized carbons (Fsp3) is 0.545. The Balaban J connectivity index is 2.11. The molecule has 3 amide bonds. The van der Waals surface area contributed by atoms with Gasteiger partial charge in [0.15, 0.2) is 5.78 Å². The molecule has 0 spiro atoms. The molecule has 3 rings (SSSR count). The molecule has 168 valence electrons. The summed E-state index contributed by atoms with van der Waals surface area (Å²) in [5.41, 5.74) is -0.912. The highest BCUT2D eigenvalue weighted by atomic mass is 35.5. The maximum Gasteiger partial charge on any atom is 0.326 e. The molecule has 1 saturated heterocycles. The number of Topliss-reactive ketones (excluding diaryl/α,β-unsaturated/α-hetero) is 1. The average molecular weight is 450 g/mol. The van der Waals surface area contributed by atoms with Crippen LogP contribution in [0, 0.1) is 0 Å². The van der Waals surface area contributed by atoms with Crippen molar-refractivity contribution in [2.75, 3.05) is 13.6 Å². The number of halogens is 1. The molecule has 2 N–H and O–H groups in total. The Morgan fingerprint density at radius 3 is 2.58 bits per heavy atom. The second-order valence-electron chi connectivity index (χ2n) is 8.10. The van der Waals surface area contributed by atoms with Crippen LogP contribution in [0.4, 0.5) is 4.79 Å². The standard InChI is InChI=1S/C22H28ClN3O5/c1-14(19(28)25-13-7-10-17(25)20(29)30)26(21(31)24-2)22(12-6-5-11-18(22)27)15-8-3-4-9-16(15)23/h3-4,8-9,14,17H,5-7,10-13H2,1-2H3,(H,24,31)(H,29,30)/t14-,17-,22-/m0/s1. The first-order valence-electron chi connectivity index (χ1n) is 10.6. The first-order valence-corrected chi connectivity index (χ1v) is 11.0. The van der Waals surface area contributed by atoms with Gasteiger partial charge in [0.25, 0.3) is 0 Å². The smallest absolute Gasteiger partial charge is 0.326 e. The van der Waals surface area contributed by atoms with Crippen LogP contribution in [0.5, 0.6) is 0 Å². The first-order chi connectivity index (χ1) is 14.8. The van der Waals surface area contributed by atoms with Gasteiger partial charge in [-0.15, -0.1) is 0 Å². The van der Waals surface area contributed by atoms with Crippen LogP contribution < -0.4 is 5.32 Å². The molecule has 1 heterocycles. The van der Waals surface area contributed by atoms with E-state index in [1.807, 2.05) is 0 Å². The molecule has 1 aliphatic carbocycles. The van der Waals surface area contributed by atoms with Crippen LogP contribution in [0.25, 0.3) is 0 Å². The van der Waals surface area contributed by atoms with Crippen LogP contribution >= 0.6 is 11.6 Å². The zero-order valence-corrected chi connectivity index (χ0v) is 18.5. The zero-order valence-electron chi connectivity index (χ0n) is 17.8. The number of carbonyl (C=O) groups is 4. The highest BCUT2D eigenvalue weighted by Gasteiger charge is 2.53. The molecular weight excluding hydrogens is 422 g/mol. The van der Waals surface area contributed by atoms with E-state index in [-0.39, 0.29) is 12.2 Å². The largest absolute Gasteiger partial charge is 0.480 e. The second-order valence-corrected chi connectivity index (χ2v) is 8.51. The number of benzene rings is 1. The van der Waals surface area contributed by atoms with Gasteiger partial charge >= 0.3 is 12.0 Å². The number of hydrogen-bond acceptors (Lipinski definition) is 4. The molecule has 31 heavy (non-hydrogen) atoms. The number of rotatable bonds is 5. The molecule has 9 heteroatoms. The molecule has 8 nitrogen and oxygen atoms in total. The van der Waals surface area contributed by atoms with Crippen molar-refractivity contribution in [1.82, 2.24) is 15.1 Å². The summed E-state index contributed by atoms with van der Waals surface area (Å²) in [6, 6.07) is 4.30. The van der Waals surface area contributed by atoms with Crippen molar-refractivity contribution in [3.63, 3.8) is 0 Å². The highest BCUT2D eigenvalue weighted by Crippen LogP contribution is 2.44. The van der Waals surface area contributed by atoms with Gasteiger partial charge in [-0.1, -0.05) is 29.8 Å². The van der Waals surface area contributed by atoms with Crippen molar-refractivity contribution in [2.24, 2.45) is 0 Å². The number of urea groups is 1. The molecule has 3 atom stereocenters. The van der Waals surface area contributed by atoms with E-state index < -0.39 is 35.5 Å². The Bertz CT molecular complexity index is 892. The number of carboxylic acids is 1. The van der Waals surface area contributed by atoms with E-state index in [9.17, 15) is 24.3 Å². The summed E-state index contributed by atoms with van der Waals surface area (Å²) >= 11 is 6.50. The minimum absolute atomic E-state index is 0.175. The van der Waals surface area contributed by atoms with Crippen molar-refractivity contribution >= 4 is 35.3 Å². The molecular formula is C22H28ClN3O5. The first kappa shape index (κ1) is 23.1. The molecule has 0 radical (unpaired) electrons. The van der Waals surface area contributed by atoms with Crippen LogP contribution in [-0.2, 0) is 19.9 Å². The van der Waals surface area contributed by atoms with E-state index in [4.69, 9.17) is 11.6 Å². The number of nitrogens with zero attached hydrogens (tertiary/aromatic N) is 2. The van der Waals surface area contributed by atoms with Gasteiger partial charge in [0, 0.05) is 30.6 Å². The van der Waals surface area contributed by atoms with Crippen LogP contribution in [0.1, 0.15) is 51.0 Å². The van der Waals surface area contributed by atoms with Gasteiger partial charge in [0.05, 0.1) is 0 Å². The van der Waals surface area contributed by atoms with Crippen LogP contribution in [-0.4, -0.2) is 64.3 Å². The van der Waals surface area contributed by atoms with Gasteiger partial charge in [0.1, 0.15) is 17.6 Å². The lowest BCUT2D eigenvalue weighted by atomic mass is 9.73. The summed E-state index contributed by atoms with van der Waals surface area (Å²) in [5, 5.41) is 12.4. The minimum atomic E-state index is -1.40. The Labute approximate surface area is 186 Å². The zero-order chi connectivity index (χ0) is 22.8. The summed E-state index contributed by atoms with van der Waals surface area (Å²) in [6.07, 6.45) is 2.92. The summed E-state index contributed by atoms with van der Waals surface area (Å²) in [4.78, 5) is 54.2. The fourth-order valence-electron chi connectivity index (χ4n) is 4.92. The molecule has 2 aliphatic rings. The maximum absolute atomic E-state index is 13.5. The molecule has 1 aliphatic heterocycles. The lowest BCUT2D eigenvalue weighted by Gasteiger charge is -2.48. The average Bonchev–Trinajstić information content (AvgIpc) is 3.25. The Kier molecular flexibility index (Phi) is 6.89. The molecule has 1 aromatic carbocycles. The van der Waals surface area contributed by atoms with Crippen LogP contribution in [0.15, 0.2) is 24.3 Å². The van der Waals surface area contributed by atoms with Gasteiger partial charge in [-0.25, -0.2) is 9.59 Å². The van der Waals surface area contributed by atoms with Crippen molar-refractivity contribution in [3.8, 4) is 0 Å². The molecule has 0 unspecified atom stereocenters. The van der Waals surface area contributed by atoms with Gasteiger partial charge < -0.3 is 15.3 Å². The van der Waals surface area contributed by atoms with Gasteiger partial charge in [-0.3, -0.25) is 14.5 Å². The maximum atomic E-state index is 13.5. The number of carbonyl (C=O) groups excluding carboxylic acids is 3. The van der Waals surface area contributed by atoms with Gasteiger partial charge in [0.2, 0.25) is 5.91 Å². The van der Waals surface area contributed by atoms with Gasteiger partial charge in [-0.2, -0.15) is 0 Å². The van der Waals surface area contributed by atoms with Crippen LogP contribution in [0.2, 0.25) is 5.02 Å². The van der Waals surface area contributed by atoms with E-state index in [0.29, 0.717) is 49.2 Å². The second kappa shape index (κ2) is 9.26. The van der Waals surface area contributed by atoms with E-state index >= 15 is 0 Å². The third-order valence-corrected chi connectivity index (χ3v) is 6.71. The summed E-state index contributed by atoms with van der Waals surface area (Å²) in [7, 11) is 1.44. The predicted molar refractivity (Wildman–Crippen MR) is 115 cm³/mol. The molecule has 1 aromatic rings. The predicted octanol–water partition coefficient (Wildman–Crippen LogP) is 2.78. The van der Waals surface area contributed by atoms with E-state index in [1.165, 1.54) is 16.8 Å². The summed E-state index contributed by atoms with van der Waals surface area (Å²) < 4.78 is 0. The quantitative estimate of drug-likeness (QED) is 0.718. The topological polar surface area (TPSA) is 107 Å². The van der Waals surface area contributed by atoms with E-state index in [2.05, 4.69) is 5.32 Å². The third kappa shape index (κ3) is 4.01. The molecule has 0 bridgehead atoms. The normalized spacial score (nSPS) is 24.5. The number of carboxylic acid groups (broad SMARTS) is 1. The number of aliphatic carboxylic acids is 1. The SMILES string of the molecule is CNC(=O)N([C@@H](C)C(=O)N1CCC[C@H]1C(=O)O)[C@]1(c2ccccc2Cl)CCCCC1=O. The fourth-order valence-corrected chi connectivity index (χ4v) is 5.21. The Hall–Kier alpha value is -2.61. The van der Waals surface area contributed by atoms with Crippen molar-refractivity contribution < 1.29 is 24.3 Å².